The molecule has 0 fully saturated rings. The van der Waals surface area contributed by atoms with E-state index in [1.807, 2.05) is 32.0 Å². The second-order valence-corrected chi connectivity index (χ2v) is 5.56. The highest BCUT2D eigenvalue weighted by Gasteiger charge is 2.14. The maximum absolute atomic E-state index is 11.8. The Balaban J connectivity index is 2.45. The SMILES string of the molecule is CNC(=O)c1cccc(CCNC(=O)[C@@H](N)CC(C)C)c1. The molecular formula is C16H25N3O2. The number of carbonyl (C=O) groups is 2. The molecule has 1 aromatic rings. The van der Waals surface area contributed by atoms with E-state index in [0.717, 1.165) is 5.56 Å². The number of amides is 2. The van der Waals surface area contributed by atoms with Crippen LogP contribution >= 0.6 is 0 Å². The smallest absolute Gasteiger partial charge is 0.251 e. The van der Waals surface area contributed by atoms with Crippen LogP contribution in [0, 0.1) is 5.92 Å². The van der Waals surface area contributed by atoms with Gasteiger partial charge in [0.2, 0.25) is 5.91 Å². The first-order chi connectivity index (χ1) is 9.93. The fourth-order valence-electron chi connectivity index (χ4n) is 2.09. The van der Waals surface area contributed by atoms with Crippen LogP contribution in [-0.4, -0.2) is 31.4 Å². The molecule has 5 nitrogen and oxygen atoms in total. The summed E-state index contributed by atoms with van der Waals surface area (Å²) in [4.78, 5) is 23.3. The second-order valence-electron chi connectivity index (χ2n) is 5.56. The van der Waals surface area contributed by atoms with Crippen LogP contribution in [0.5, 0.6) is 0 Å². The van der Waals surface area contributed by atoms with Crippen molar-refractivity contribution >= 4 is 11.8 Å². The van der Waals surface area contributed by atoms with Crippen LogP contribution < -0.4 is 16.4 Å². The van der Waals surface area contributed by atoms with Gasteiger partial charge in [0.1, 0.15) is 0 Å². The molecule has 0 saturated carbocycles. The number of nitrogens with two attached hydrogens (primary N) is 1. The number of hydrogen-bond donors (Lipinski definition) is 3. The Morgan fingerprint density at radius 2 is 2.00 bits per heavy atom. The third kappa shape index (κ3) is 5.95. The lowest BCUT2D eigenvalue weighted by Crippen LogP contribution is -2.42. The molecule has 4 N–H and O–H groups in total. The summed E-state index contributed by atoms with van der Waals surface area (Å²) < 4.78 is 0. The van der Waals surface area contributed by atoms with Crippen molar-refractivity contribution in [2.75, 3.05) is 13.6 Å². The van der Waals surface area contributed by atoms with Crippen LogP contribution in [0.15, 0.2) is 24.3 Å². The van der Waals surface area contributed by atoms with Crippen LogP contribution in [0.3, 0.4) is 0 Å². The average molecular weight is 291 g/mol. The number of nitrogens with one attached hydrogen (secondary N) is 2. The molecule has 0 radical (unpaired) electrons. The average Bonchev–Trinajstić information content (AvgIpc) is 2.45. The lowest BCUT2D eigenvalue weighted by molar-refractivity contribution is -0.122. The van der Waals surface area contributed by atoms with Crippen molar-refractivity contribution in [2.45, 2.75) is 32.7 Å². The van der Waals surface area contributed by atoms with Crippen LogP contribution in [0.4, 0.5) is 0 Å². The van der Waals surface area contributed by atoms with Gasteiger partial charge in [0.05, 0.1) is 6.04 Å². The van der Waals surface area contributed by atoms with Crippen molar-refractivity contribution in [2.24, 2.45) is 11.7 Å². The summed E-state index contributed by atoms with van der Waals surface area (Å²) in [6.45, 7) is 4.59. The summed E-state index contributed by atoms with van der Waals surface area (Å²) in [7, 11) is 1.60. The van der Waals surface area contributed by atoms with E-state index in [0.29, 0.717) is 30.9 Å². The van der Waals surface area contributed by atoms with Crippen LogP contribution in [0.2, 0.25) is 0 Å². The summed E-state index contributed by atoms with van der Waals surface area (Å²) in [5, 5.41) is 5.43. The Morgan fingerprint density at radius 3 is 2.62 bits per heavy atom. The molecule has 0 heterocycles. The molecule has 1 aromatic carbocycles. The van der Waals surface area contributed by atoms with Crippen molar-refractivity contribution in [3.05, 3.63) is 35.4 Å². The van der Waals surface area contributed by atoms with Gasteiger partial charge in [-0.25, -0.2) is 0 Å². The first-order valence-corrected chi connectivity index (χ1v) is 7.28. The molecule has 0 aliphatic heterocycles. The molecule has 0 unspecified atom stereocenters. The highest BCUT2D eigenvalue weighted by molar-refractivity contribution is 5.94. The minimum atomic E-state index is -0.456. The highest BCUT2D eigenvalue weighted by atomic mass is 16.2. The molecule has 0 aliphatic carbocycles. The fourth-order valence-corrected chi connectivity index (χ4v) is 2.09. The third-order valence-electron chi connectivity index (χ3n) is 3.19. The predicted octanol–water partition coefficient (Wildman–Crippen LogP) is 1.08. The Labute approximate surface area is 126 Å². The van der Waals surface area contributed by atoms with Gasteiger partial charge in [-0.3, -0.25) is 9.59 Å². The maximum Gasteiger partial charge on any atom is 0.251 e. The van der Waals surface area contributed by atoms with Crippen molar-refractivity contribution in [3.8, 4) is 0 Å². The van der Waals surface area contributed by atoms with Gasteiger partial charge in [-0.1, -0.05) is 26.0 Å². The first kappa shape index (κ1) is 17.2. The monoisotopic (exact) mass is 291 g/mol. The fraction of sp³-hybridized carbons (Fsp3) is 0.500. The molecule has 0 aromatic heterocycles. The van der Waals surface area contributed by atoms with Gasteiger partial charge in [0.25, 0.3) is 5.91 Å². The van der Waals surface area contributed by atoms with Crippen molar-refractivity contribution in [3.63, 3.8) is 0 Å². The molecule has 0 aliphatic rings. The van der Waals surface area contributed by atoms with E-state index in [1.54, 1.807) is 13.1 Å². The van der Waals surface area contributed by atoms with E-state index in [4.69, 9.17) is 5.73 Å². The molecule has 0 saturated heterocycles. The molecule has 0 spiro atoms. The topological polar surface area (TPSA) is 84.2 Å². The first-order valence-electron chi connectivity index (χ1n) is 7.28. The molecule has 1 atom stereocenters. The normalized spacial score (nSPS) is 12.0. The summed E-state index contributed by atoms with van der Waals surface area (Å²) in [6.07, 6.45) is 1.35. The minimum absolute atomic E-state index is 0.111. The van der Waals surface area contributed by atoms with Gasteiger partial charge < -0.3 is 16.4 Å². The van der Waals surface area contributed by atoms with Gasteiger partial charge in [-0.2, -0.15) is 0 Å². The van der Waals surface area contributed by atoms with Crippen LogP contribution in [-0.2, 0) is 11.2 Å². The zero-order valence-electron chi connectivity index (χ0n) is 13.0. The van der Waals surface area contributed by atoms with E-state index >= 15 is 0 Å². The Kier molecular flexibility index (Phi) is 6.88. The highest BCUT2D eigenvalue weighted by Crippen LogP contribution is 2.06. The lowest BCUT2D eigenvalue weighted by atomic mass is 10.0. The maximum atomic E-state index is 11.8. The predicted molar refractivity (Wildman–Crippen MR) is 84.0 cm³/mol. The van der Waals surface area contributed by atoms with E-state index in [1.165, 1.54) is 0 Å². The van der Waals surface area contributed by atoms with Gasteiger partial charge >= 0.3 is 0 Å². The quantitative estimate of drug-likeness (QED) is 0.703. The van der Waals surface area contributed by atoms with Crippen molar-refractivity contribution in [1.29, 1.82) is 0 Å². The molecule has 116 valence electrons. The summed E-state index contributed by atoms with van der Waals surface area (Å²) in [5.41, 5.74) is 7.45. The lowest BCUT2D eigenvalue weighted by Gasteiger charge is -2.14. The Bertz CT molecular complexity index is 486. The molecular weight excluding hydrogens is 266 g/mol. The largest absolute Gasteiger partial charge is 0.355 e. The number of hydrogen-bond acceptors (Lipinski definition) is 3. The summed E-state index contributed by atoms with van der Waals surface area (Å²) in [6, 6.07) is 6.92. The van der Waals surface area contributed by atoms with E-state index in [9.17, 15) is 9.59 Å². The molecule has 5 heteroatoms. The zero-order valence-corrected chi connectivity index (χ0v) is 13.0. The van der Waals surface area contributed by atoms with Crippen molar-refractivity contribution in [1.82, 2.24) is 10.6 Å². The standard InChI is InChI=1S/C16H25N3O2/c1-11(2)9-14(17)16(21)19-8-7-12-5-4-6-13(10-12)15(20)18-3/h4-6,10-11,14H,7-9,17H2,1-3H3,(H,18,20)(H,19,21)/t14-/m0/s1. The number of carbonyl (C=O) groups excluding carboxylic acids is 2. The zero-order chi connectivity index (χ0) is 15.8. The van der Waals surface area contributed by atoms with Gasteiger partial charge in [-0.05, 0) is 36.5 Å². The van der Waals surface area contributed by atoms with E-state index < -0.39 is 6.04 Å². The van der Waals surface area contributed by atoms with Crippen LogP contribution in [0.1, 0.15) is 36.2 Å². The summed E-state index contributed by atoms with van der Waals surface area (Å²) in [5.74, 6) is 0.168. The Hall–Kier alpha value is -1.88. The number of rotatable bonds is 7. The second kappa shape index (κ2) is 8.42. The van der Waals surface area contributed by atoms with E-state index in [2.05, 4.69) is 10.6 Å². The molecule has 0 bridgehead atoms. The van der Waals surface area contributed by atoms with Gasteiger partial charge in [0.15, 0.2) is 0 Å². The van der Waals surface area contributed by atoms with Gasteiger partial charge in [0, 0.05) is 19.2 Å². The Morgan fingerprint density at radius 1 is 1.29 bits per heavy atom. The van der Waals surface area contributed by atoms with Gasteiger partial charge in [-0.15, -0.1) is 0 Å². The van der Waals surface area contributed by atoms with Crippen LogP contribution in [0.25, 0.3) is 0 Å². The van der Waals surface area contributed by atoms with E-state index in [-0.39, 0.29) is 11.8 Å². The molecule has 2 amide bonds. The number of benzene rings is 1. The van der Waals surface area contributed by atoms with Crippen molar-refractivity contribution < 1.29 is 9.59 Å². The third-order valence-corrected chi connectivity index (χ3v) is 3.19. The summed E-state index contributed by atoms with van der Waals surface area (Å²) >= 11 is 0. The molecule has 1 rings (SSSR count). The molecule has 21 heavy (non-hydrogen) atoms. The minimum Gasteiger partial charge on any atom is -0.355 e.